The van der Waals surface area contributed by atoms with E-state index < -0.39 is 5.97 Å². The van der Waals surface area contributed by atoms with Crippen molar-refractivity contribution in [1.82, 2.24) is 9.97 Å². The van der Waals surface area contributed by atoms with Gasteiger partial charge in [-0.25, -0.2) is 14.8 Å². The summed E-state index contributed by atoms with van der Waals surface area (Å²) < 4.78 is 0. The molecule has 1 aliphatic carbocycles. The fourth-order valence-electron chi connectivity index (χ4n) is 2.43. The molecule has 5 nitrogen and oxygen atoms in total. The monoisotopic (exact) mass is 289 g/mol. The van der Waals surface area contributed by atoms with Crippen molar-refractivity contribution >= 4 is 23.1 Å². The van der Waals surface area contributed by atoms with Gasteiger partial charge < -0.3 is 10.4 Å². The zero-order valence-electron chi connectivity index (χ0n) is 11.1. The Labute approximate surface area is 120 Å². The maximum Gasteiger partial charge on any atom is 0.339 e. The lowest BCUT2D eigenvalue weighted by molar-refractivity contribution is 0.0697. The van der Waals surface area contributed by atoms with E-state index >= 15 is 0 Å². The van der Waals surface area contributed by atoms with Crippen LogP contribution in [0, 0.1) is 6.92 Å². The SMILES string of the molecule is Cc1ncsc1CNc1nc2c(cc1C(=O)O)CCC2. The average molecular weight is 289 g/mol. The molecule has 104 valence electrons. The average Bonchev–Trinajstić information content (AvgIpc) is 3.03. The summed E-state index contributed by atoms with van der Waals surface area (Å²) in [6.07, 6.45) is 2.92. The Kier molecular flexibility index (Phi) is 3.40. The van der Waals surface area contributed by atoms with E-state index in [0.29, 0.717) is 12.4 Å². The number of carboxylic acids is 1. The lowest BCUT2D eigenvalue weighted by Crippen LogP contribution is -2.10. The van der Waals surface area contributed by atoms with Crippen molar-refractivity contribution in [3.63, 3.8) is 0 Å². The van der Waals surface area contributed by atoms with Crippen molar-refractivity contribution < 1.29 is 9.90 Å². The van der Waals surface area contributed by atoms with Gasteiger partial charge in [-0.1, -0.05) is 0 Å². The second-order valence-corrected chi connectivity index (χ2v) is 5.80. The van der Waals surface area contributed by atoms with E-state index in [2.05, 4.69) is 15.3 Å². The third-order valence-electron chi connectivity index (χ3n) is 3.54. The summed E-state index contributed by atoms with van der Waals surface area (Å²) in [5, 5.41) is 12.5. The number of rotatable bonds is 4. The van der Waals surface area contributed by atoms with Gasteiger partial charge in [-0.05, 0) is 37.8 Å². The van der Waals surface area contributed by atoms with Gasteiger partial charge in [0.2, 0.25) is 0 Å². The lowest BCUT2D eigenvalue weighted by atomic mass is 10.1. The highest BCUT2D eigenvalue weighted by Gasteiger charge is 2.19. The van der Waals surface area contributed by atoms with Gasteiger partial charge in [-0.2, -0.15) is 0 Å². The minimum atomic E-state index is -0.935. The Bertz CT molecular complexity index is 666. The first kappa shape index (κ1) is 13.1. The van der Waals surface area contributed by atoms with E-state index in [9.17, 15) is 9.90 Å². The van der Waals surface area contributed by atoms with E-state index in [1.807, 2.05) is 6.92 Å². The number of aromatic nitrogens is 2. The second kappa shape index (κ2) is 5.20. The Morgan fingerprint density at radius 2 is 2.35 bits per heavy atom. The van der Waals surface area contributed by atoms with Gasteiger partial charge >= 0.3 is 5.97 Å². The predicted molar refractivity (Wildman–Crippen MR) is 77.4 cm³/mol. The van der Waals surface area contributed by atoms with Gasteiger partial charge in [0, 0.05) is 10.6 Å². The minimum absolute atomic E-state index is 0.257. The molecular formula is C14H15N3O2S. The Morgan fingerprint density at radius 1 is 1.50 bits per heavy atom. The molecule has 0 saturated carbocycles. The number of hydrogen-bond donors (Lipinski definition) is 2. The molecule has 0 radical (unpaired) electrons. The van der Waals surface area contributed by atoms with Crippen LogP contribution in [0.2, 0.25) is 0 Å². The summed E-state index contributed by atoms with van der Waals surface area (Å²) in [5.74, 6) is -0.471. The summed E-state index contributed by atoms with van der Waals surface area (Å²) in [6, 6.07) is 1.76. The number of hydrogen-bond acceptors (Lipinski definition) is 5. The molecule has 1 aliphatic rings. The standard InChI is InChI=1S/C14H15N3O2S/c1-8-12(20-7-16-8)6-15-13-10(14(18)19)5-9-3-2-4-11(9)17-13/h5,7H,2-4,6H2,1H3,(H,15,17)(H,18,19). The number of thiazole rings is 1. The van der Waals surface area contributed by atoms with Crippen molar-refractivity contribution in [3.05, 3.63) is 39.0 Å². The molecule has 0 bridgehead atoms. The van der Waals surface area contributed by atoms with Crippen LogP contribution in [0.3, 0.4) is 0 Å². The van der Waals surface area contributed by atoms with Crippen molar-refractivity contribution in [2.24, 2.45) is 0 Å². The molecule has 2 aromatic rings. The van der Waals surface area contributed by atoms with Crippen LogP contribution in [0.5, 0.6) is 0 Å². The molecule has 0 aliphatic heterocycles. The molecule has 0 spiro atoms. The quantitative estimate of drug-likeness (QED) is 0.905. The van der Waals surface area contributed by atoms with Crippen LogP contribution in [0.1, 0.15) is 38.6 Å². The zero-order chi connectivity index (χ0) is 14.1. The maximum absolute atomic E-state index is 11.4. The number of carbonyl (C=O) groups is 1. The number of carboxylic acid groups (broad SMARTS) is 1. The van der Waals surface area contributed by atoms with Gasteiger partial charge in [-0.3, -0.25) is 0 Å². The summed E-state index contributed by atoms with van der Waals surface area (Å²) in [4.78, 5) is 21.1. The van der Waals surface area contributed by atoms with Crippen LogP contribution >= 0.6 is 11.3 Å². The smallest absolute Gasteiger partial charge is 0.339 e. The number of anilines is 1. The molecule has 2 aromatic heterocycles. The number of fused-ring (bicyclic) bond motifs is 1. The van der Waals surface area contributed by atoms with Crippen LogP contribution in [0.15, 0.2) is 11.6 Å². The van der Waals surface area contributed by atoms with Crippen LogP contribution < -0.4 is 5.32 Å². The summed E-state index contributed by atoms with van der Waals surface area (Å²) >= 11 is 1.56. The number of aromatic carboxylic acids is 1. The number of nitrogens with zero attached hydrogens (tertiary/aromatic N) is 2. The Morgan fingerprint density at radius 3 is 3.05 bits per heavy atom. The van der Waals surface area contributed by atoms with Crippen molar-refractivity contribution in [2.75, 3.05) is 5.32 Å². The Balaban J connectivity index is 1.88. The van der Waals surface area contributed by atoms with Gasteiger partial charge in [0.15, 0.2) is 0 Å². The third kappa shape index (κ3) is 2.38. The first-order chi connectivity index (χ1) is 9.65. The van der Waals surface area contributed by atoms with Crippen molar-refractivity contribution in [1.29, 1.82) is 0 Å². The van der Waals surface area contributed by atoms with Gasteiger partial charge in [0.05, 0.1) is 17.7 Å². The molecular weight excluding hydrogens is 274 g/mol. The van der Waals surface area contributed by atoms with Crippen LogP contribution in [0.4, 0.5) is 5.82 Å². The molecule has 2 N–H and O–H groups in total. The minimum Gasteiger partial charge on any atom is -0.478 e. The molecule has 0 amide bonds. The first-order valence-electron chi connectivity index (χ1n) is 6.54. The number of nitrogens with one attached hydrogen (secondary N) is 1. The van der Waals surface area contributed by atoms with Crippen LogP contribution in [0.25, 0.3) is 0 Å². The maximum atomic E-state index is 11.4. The molecule has 0 unspecified atom stereocenters. The highest BCUT2D eigenvalue weighted by atomic mass is 32.1. The molecule has 0 aromatic carbocycles. The normalized spacial score (nSPS) is 13.2. The molecule has 3 rings (SSSR count). The van der Waals surface area contributed by atoms with E-state index in [-0.39, 0.29) is 5.56 Å². The van der Waals surface area contributed by atoms with Gasteiger partial charge in [0.1, 0.15) is 11.4 Å². The van der Waals surface area contributed by atoms with E-state index in [1.165, 1.54) is 0 Å². The summed E-state index contributed by atoms with van der Waals surface area (Å²) in [5.41, 5.74) is 5.12. The molecule has 0 atom stereocenters. The van der Waals surface area contributed by atoms with Gasteiger partial charge in [-0.15, -0.1) is 11.3 Å². The molecule has 20 heavy (non-hydrogen) atoms. The molecule has 2 heterocycles. The highest BCUT2D eigenvalue weighted by molar-refractivity contribution is 7.09. The van der Waals surface area contributed by atoms with Crippen LogP contribution in [-0.2, 0) is 19.4 Å². The number of aryl methyl sites for hydroxylation is 3. The Hall–Kier alpha value is -1.95. The van der Waals surface area contributed by atoms with Crippen LogP contribution in [-0.4, -0.2) is 21.0 Å². The van der Waals surface area contributed by atoms with Crippen molar-refractivity contribution in [3.8, 4) is 0 Å². The summed E-state index contributed by atoms with van der Waals surface area (Å²) in [7, 11) is 0. The molecule has 0 fully saturated rings. The predicted octanol–water partition coefficient (Wildman–Crippen LogP) is 2.65. The largest absolute Gasteiger partial charge is 0.478 e. The second-order valence-electron chi connectivity index (χ2n) is 4.86. The van der Waals surface area contributed by atoms with E-state index in [4.69, 9.17) is 0 Å². The van der Waals surface area contributed by atoms with E-state index in [1.54, 1.807) is 22.9 Å². The third-order valence-corrected chi connectivity index (χ3v) is 4.48. The molecule has 6 heteroatoms. The fourth-order valence-corrected chi connectivity index (χ4v) is 3.15. The summed E-state index contributed by atoms with van der Waals surface area (Å²) in [6.45, 7) is 2.50. The van der Waals surface area contributed by atoms with E-state index in [0.717, 1.165) is 41.1 Å². The first-order valence-corrected chi connectivity index (χ1v) is 7.42. The lowest BCUT2D eigenvalue weighted by Gasteiger charge is -2.10. The molecule has 0 saturated heterocycles. The fraction of sp³-hybridized carbons (Fsp3) is 0.357. The topological polar surface area (TPSA) is 75.1 Å². The number of pyridine rings is 1. The highest BCUT2D eigenvalue weighted by Crippen LogP contribution is 2.26. The van der Waals surface area contributed by atoms with Gasteiger partial charge in [0.25, 0.3) is 0 Å². The van der Waals surface area contributed by atoms with Crippen molar-refractivity contribution in [2.45, 2.75) is 32.7 Å². The zero-order valence-corrected chi connectivity index (χ0v) is 12.0.